The van der Waals surface area contributed by atoms with E-state index in [1.807, 2.05) is 13.0 Å². The number of ether oxygens (including phenoxy) is 2. The van der Waals surface area contributed by atoms with Gasteiger partial charge in [0.1, 0.15) is 12.4 Å². The fourth-order valence-electron chi connectivity index (χ4n) is 2.72. The third-order valence-electron chi connectivity index (χ3n) is 5.33. The number of nitrogens with zero attached hydrogens (tertiary/aromatic N) is 3. The highest BCUT2D eigenvalue weighted by Gasteiger charge is 2.44. The van der Waals surface area contributed by atoms with Crippen LogP contribution in [0, 0.1) is 0 Å². The number of benzene rings is 1. The zero-order chi connectivity index (χ0) is 20.2. The van der Waals surface area contributed by atoms with Crippen molar-refractivity contribution < 1.29 is 18.7 Å². The number of esters is 1. The first-order chi connectivity index (χ1) is 12.5. The van der Waals surface area contributed by atoms with E-state index in [1.165, 1.54) is 0 Å². The summed E-state index contributed by atoms with van der Waals surface area (Å²) in [7, 11) is -2.05. The lowest BCUT2D eigenvalue weighted by Gasteiger charge is -2.44. The Balaban J connectivity index is 2.13. The third kappa shape index (κ3) is 5.32. The minimum Gasteiger partial charge on any atom is -0.456 e. The zero-order valence-electron chi connectivity index (χ0n) is 16.9. The Morgan fingerprint density at radius 2 is 1.93 bits per heavy atom. The summed E-state index contributed by atoms with van der Waals surface area (Å²) in [5, 5.41) is 3.90. The Hall–Kier alpha value is -1.86. The first kappa shape index (κ1) is 21.4. The average Bonchev–Trinajstić information content (AvgIpc) is 2.57. The molecular weight excluding hydrogens is 362 g/mol. The zero-order valence-corrected chi connectivity index (χ0v) is 17.9. The van der Waals surface area contributed by atoms with Gasteiger partial charge in [0, 0.05) is 11.3 Å². The SMILES string of the molecule is C[C@@H]1O[C@H](O[Si](C)(C)C(C)(C)C)C[C@H](N=[N+]=[N-])[C@H]1OC(=O)c1ccccc1. The normalized spacial score (nSPS) is 26.1. The summed E-state index contributed by atoms with van der Waals surface area (Å²) in [6.45, 7) is 12.6. The van der Waals surface area contributed by atoms with Crippen LogP contribution in [0.25, 0.3) is 10.4 Å². The van der Waals surface area contributed by atoms with E-state index in [1.54, 1.807) is 24.3 Å². The monoisotopic (exact) mass is 391 g/mol. The molecular formula is C19H29N3O4Si. The van der Waals surface area contributed by atoms with E-state index >= 15 is 0 Å². The standard InChI is InChI=1S/C19H29N3O4Si/c1-13-17(25-18(23)14-10-8-7-9-11-14)15(21-22-20)12-16(24-13)26-27(5,6)19(2,3)4/h7-11,13,15-17H,12H2,1-6H3/t13-,15-,16+,17-/m0/s1. The highest BCUT2D eigenvalue weighted by molar-refractivity contribution is 6.74. The molecule has 1 saturated heterocycles. The maximum Gasteiger partial charge on any atom is 0.338 e. The van der Waals surface area contributed by atoms with Gasteiger partial charge in [0.05, 0.1) is 17.7 Å². The minimum atomic E-state index is -2.05. The topological polar surface area (TPSA) is 93.5 Å². The number of hydrogen-bond donors (Lipinski definition) is 0. The first-order valence-corrected chi connectivity index (χ1v) is 12.1. The van der Waals surface area contributed by atoms with Crippen LogP contribution in [-0.4, -0.2) is 38.8 Å². The van der Waals surface area contributed by atoms with Crippen molar-refractivity contribution in [3.63, 3.8) is 0 Å². The van der Waals surface area contributed by atoms with E-state index < -0.39 is 38.8 Å². The van der Waals surface area contributed by atoms with Gasteiger partial charge in [-0.15, -0.1) is 0 Å². The minimum absolute atomic E-state index is 0.0320. The van der Waals surface area contributed by atoms with Gasteiger partial charge in [-0.05, 0) is 42.7 Å². The summed E-state index contributed by atoms with van der Waals surface area (Å²) in [6.07, 6.45) is -1.24. The van der Waals surface area contributed by atoms with E-state index in [9.17, 15) is 4.79 Å². The molecule has 4 atom stereocenters. The van der Waals surface area contributed by atoms with Crippen LogP contribution in [0.1, 0.15) is 44.5 Å². The molecule has 0 unspecified atom stereocenters. The Bertz CT molecular complexity index is 699. The van der Waals surface area contributed by atoms with Crippen LogP contribution in [-0.2, 0) is 13.9 Å². The quantitative estimate of drug-likeness (QED) is 0.231. The van der Waals surface area contributed by atoms with Crippen LogP contribution >= 0.6 is 0 Å². The highest BCUT2D eigenvalue weighted by atomic mass is 28.4. The van der Waals surface area contributed by atoms with Crippen LogP contribution in [0.3, 0.4) is 0 Å². The van der Waals surface area contributed by atoms with Gasteiger partial charge in [-0.25, -0.2) is 4.79 Å². The number of azide groups is 1. The summed E-state index contributed by atoms with van der Waals surface area (Å²) < 4.78 is 17.9. The van der Waals surface area contributed by atoms with Gasteiger partial charge in [0.2, 0.25) is 0 Å². The predicted octanol–water partition coefficient (Wildman–Crippen LogP) is 5.05. The van der Waals surface area contributed by atoms with Gasteiger partial charge >= 0.3 is 5.97 Å². The number of rotatable bonds is 5. The highest BCUT2D eigenvalue weighted by Crippen LogP contribution is 2.39. The van der Waals surface area contributed by atoms with Crippen molar-refractivity contribution in [1.29, 1.82) is 0 Å². The number of carbonyl (C=O) groups is 1. The molecule has 0 radical (unpaired) electrons. The molecule has 0 spiro atoms. The fourth-order valence-corrected chi connectivity index (χ4v) is 3.88. The first-order valence-electron chi connectivity index (χ1n) is 9.18. The molecule has 1 fully saturated rings. The molecule has 0 aromatic heterocycles. The van der Waals surface area contributed by atoms with E-state index in [4.69, 9.17) is 19.4 Å². The molecule has 0 bridgehead atoms. The second kappa shape index (κ2) is 8.44. The van der Waals surface area contributed by atoms with Crippen molar-refractivity contribution in [2.75, 3.05) is 0 Å². The molecule has 1 aliphatic rings. The number of hydrogen-bond acceptors (Lipinski definition) is 5. The predicted molar refractivity (Wildman–Crippen MR) is 106 cm³/mol. The maximum atomic E-state index is 12.4. The van der Waals surface area contributed by atoms with Crippen LogP contribution in [0.2, 0.25) is 18.1 Å². The average molecular weight is 392 g/mol. The summed E-state index contributed by atoms with van der Waals surface area (Å²) in [4.78, 5) is 15.4. The van der Waals surface area contributed by atoms with Crippen LogP contribution in [0.4, 0.5) is 0 Å². The summed E-state index contributed by atoms with van der Waals surface area (Å²) in [5.41, 5.74) is 9.41. The van der Waals surface area contributed by atoms with Crippen molar-refractivity contribution in [1.82, 2.24) is 0 Å². The van der Waals surface area contributed by atoms with Gasteiger partial charge in [-0.1, -0.05) is 44.1 Å². The molecule has 0 saturated carbocycles. The molecule has 0 amide bonds. The van der Waals surface area contributed by atoms with Gasteiger partial charge in [-0.2, -0.15) is 0 Å². The van der Waals surface area contributed by atoms with E-state index in [0.29, 0.717) is 12.0 Å². The summed E-state index contributed by atoms with van der Waals surface area (Å²) in [5.74, 6) is -0.460. The van der Waals surface area contributed by atoms with Crippen LogP contribution in [0.15, 0.2) is 35.4 Å². The fraction of sp³-hybridized carbons (Fsp3) is 0.632. The van der Waals surface area contributed by atoms with Crippen molar-refractivity contribution in [2.24, 2.45) is 5.11 Å². The molecule has 1 heterocycles. The van der Waals surface area contributed by atoms with Crippen molar-refractivity contribution in [3.05, 3.63) is 46.3 Å². The molecule has 1 aromatic carbocycles. The lowest BCUT2D eigenvalue weighted by atomic mass is 10.00. The largest absolute Gasteiger partial charge is 0.456 e. The van der Waals surface area contributed by atoms with Gasteiger partial charge < -0.3 is 13.9 Å². The third-order valence-corrected chi connectivity index (χ3v) is 9.79. The Labute approximate surface area is 161 Å². The lowest BCUT2D eigenvalue weighted by Crippen LogP contribution is -2.53. The van der Waals surface area contributed by atoms with Crippen molar-refractivity contribution in [2.45, 2.75) is 76.8 Å². The molecule has 7 nitrogen and oxygen atoms in total. The number of carbonyl (C=O) groups excluding carboxylic acids is 1. The molecule has 8 heteroatoms. The van der Waals surface area contributed by atoms with Crippen LogP contribution < -0.4 is 0 Å². The van der Waals surface area contributed by atoms with Gasteiger partial charge in [0.25, 0.3) is 0 Å². The van der Waals surface area contributed by atoms with Crippen molar-refractivity contribution in [3.8, 4) is 0 Å². The smallest absolute Gasteiger partial charge is 0.338 e. The molecule has 0 aliphatic carbocycles. The summed E-state index contributed by atoms with van der Waals surface area (Å²) in [6, 6.07) is 8.19. The molecule has 1 aliphatic heterocycles. The van der Waals surface area contributed by atoms with E-state index in [2.05, 4.69) is 43.9 Å². The molecule has 1 aromatic rings. The maximum absolute atomic E-state index is 12.4. The van der Waals surface area contributed by atoms with Gasteiger partial charge in [0.15, 0.2) is 8.32 Å². The molecule has 148 valence electrons. The Kier molecular flexibility index (Phi) is 6.70. The van der Waals surface area contributed by atoms with E-state index in [-0.39, 0.29) is 5.04 Å². The Morgan fingerprint density at radius 3 is 2.48 bits per heavy atom. The molecule has 2 rings (SSSR count). The van der Waals surface area contributed by atoms with E-state index in [0.717, 1.165) is 0 Å². The van der Waals surface area contributed by atoms with Crippen molar-refractivity contribution >= 4 is 14.3 Å². The second-order valence-corrected chi connectivity index (χ2v) is 13.1. The Morgan fingerprint density at radius 1 is 1.30 bits per heavy atom. The van der Waals surface area contributed by atoms with Crippen LogP contribution in [0.5, 0.6) is 0 Å². The summed E-state index contributed by atoms with van der Waals surface area (Å²) >= 11 is 0. The lowest BCUT2D eigenvalue weighted by molar-refractivity contribution is -0.191. The second-order valence-electron chi connectivity index (χ2n) is 8.39. The van der Waals surface area contributed by atoms with Gasteiger partial charge in [-0.3, -0.25) is 0 Å². The molecule has 27 heavy (non-hydrogen) atoms. The molecule has 0 N–H and O–H groups in total.